The SMILES string of the molecule is CCCN1CCC[C@@H]1C(=O)NC12C3C4C1C1C2C3C41C. The number of rotatable bonds is 4. The van der Waals surface area contributed by atoms with Crippen LogP contribution in [0.2, 0.25) is 0 Å². The molecule has 3 nitrogen and oxygen atoms in total. The maximum absolute atomic E-state index is 12.7. The Balaban J connectivity index is 1.20. The zero-order valence-corrected chi connectivity index (χ0v) is 12.4. The zero-order chi connectivity index (χ0) is 13.4. The first-order chi connectivity index (χ1) is 9.67. The second-order valence-electron chi connectivity index (χ2n) is 8.64. The van der Waals surface area contributed by atoms with Crippen molar-refractivity contribution >= 4 is 5.91 Å². The average molecular weight is 272 g/mol. The third kappa shape index (κ3) is 0.710. The van der Waals surface area contributed by atoms with Gasteiger partial charge in [0.15, 0.2) is 0 Å². The molecule has 0 spiro atoms. The Morgan fingerprint density at radius 2 is 1.85 bits per heavy atom. The number of carbonyl (C=O) groups is 1. The van der Waals surface area contributed by atoms with Gasteiger partial charge in [0.25, 0.3) is 0 Å². The Bertz CT molecular complexity index is 488. The van der Waals surface area contributed by atoms with E-state index < -0.39 is 0 Å². The van der Waals surface area contributed by atoms with Crippen LogP contribution in [0, 0.1) is 40.9 Å². The van der Waals surface area contributed by atoms with E-state index in [1.807, 2.05) is 0 Å². The highest BCUT2D eigenvalue weighted by Crippen LogP contribution is 3.06. The van der Waals surface area contributed by atoms with Crippen molar-refractivity contribution in [2.24, 2.45) is 40.9 Å². The summed E-state index contributed by atoms with van der Waals surface area (Å²) in [5.41, 5.74) is 1.09. The number of nitrogens with one attached hydrogen (secondary N) is 1. The largest absolute Gasteiger partial charge is 0.348 e. The Hall–Kier alpha value is -0.570. The molecule has 1 amide bonds. The monoisotopic (exact) mass is 272 g/mol. The van der Waals surface area contributed by atoms with E-state index in [9.17, 15) is 4.79 Å². The van der Waals surface area contributed by atoms with Gasteiger partial charge in [0.1, 0.15) is 0 Å². The summed E-state index contributed by atoms with van der Waals surface area (Å²) in [7, 11) is 0. The molecule has 6 saturated carbocycles. The molecule has 7 fully saturated rings. The van der Waals surface area contributed by atoms with E-state index in [2.05, 4.69) is 24.1 Å². The molecule has 0 bridgehead atoms. The Kier molecular flexibility index (Phi) is 1.57. The van der Waals surface area contributed by atoms with Gasteiger partial charge in [0.2, 0.25) is 5.91 Å². The van der Waals surface area contributed by atoms with Crippen LogP contribution in [0.15, 0.2) is 0 Å². The molecule has 20 heavy (non-hydrogen) atoms. The van der Waals surface area contributed by atoms with Crippen molar-refractivity contribution in [1.29, 1.82) is 0 Å². The predicted octanol–water partition coefficient (Wildman–Crippen LogP) is 1.49. The second-order valence-corrected chi connectivity index (χ2v) is 8.64. The van der Waals surface area contributed by atoms with Gasteiger partial charge in [-0.15, -0.1) is 0 Å². The third-order valence-electron chi connectivity index (χ3n) is 8.65. The van der Waals surface area contributed by atoms with Crippen LogP contribution in [0.5, 0.6) is 0 Å². The predicted molar refractivity (Wildman–Crippen MR) is 74.8 cm³/mol. The fourth-order valence-corrected chi connectivity index (χ4v) is 8.29. The zero-order valence-electron chi connectivity index (χ0n) is 12.4. The molecule has 0 aromatic carbocycles. The summed E-state index contributed by atoms with van der Waals surface area (Å²) in [6, 6.07) is 0.186. The third-order valence-corrected chi connectivity index (χ3v) is 8.65. The minimum atomic E-state index is 0.186. The first-order valence-corrected chi connectivity index (χ1v) is 8.73. The molecule has 6 aliphatic carbocycles. The van der Waals surface area contributed by atoms with Crippen molar-refractivity contribution in [3.63, 3.8) is 0 Å². The molecular formula is C17H24N2O. The van der Waals surface area contributed by atoms with Crippen molar-refractivity contribution < 1.29 is 4.79 Å². The average Bonchev–Trinajstić information content (AvgIpc) is 2.91. The standard InChI is InChI=1S/C17H24N2O/c1-3-6-19-7-4-5-8(19)15(20)18-17-12-9-13(17)11-14(17)10(12)16(9,11)2/h8-14H,3-7H2,1-2H3,(H,18,20)/t8-,9?,10?,11?,12?,13?,14?,16?,17?/m1/s1. The molecule has 1 N–H and O–H groups in total. The molecule has 7 aliphatic rings. The van der Waals surface area contributed by atoms with E-state index in [1.165, 1.54) is 6.42 Å². The lowest BCUT2D eigenvalue weighted by atomic mass is 8.94. The van der Waals surface area contributed by atoms with Gasteiger partial charge in [-0.3, -0.25) is 9.69 Å². The van der Waals surface area contributed by atoms with Crippen LogP contribution < -0.4 is 5.32 Å². The second kappa shape index (κ2) is 2.84. The van der Waals surface area contributed by atoms with Crippen LogP contribution in [-0.4, -0.2) is 35.5 Å². The maximum atomic E-state index is 12.7. The Morgan fingerprint density at radius 1 is 1.20 bits per heavy atom. The Labute approximate surface area is 120 Å². The van der Waals surface area contributed by atoms with Crippen LogP contribution in [0.25, 0.3) is 0 Å². The van der Waals surface area contributed by atoms with Gasteiger partial charge in [-0.25, -0.2) is 0 Å². The van der Waals surface area contributed by atoms with Crippen molar-refractivity contribution in [1.82, 2.24) is 10.2 Å². The molecular weight excluding hydrogens is 248 g/mol. The van der Waals surface area contributed by atoms with Gasteiger partial charge in [-0.1, -0.05) is 13.8 Å². The first kappa shape index (κ1) is 11.1. The molecule has 0 aromatic rings. The van der Waals surface area contributed by atoms with Crippen LogP contribution in [-0.2, 0) is 4.79 Å². The van der Waals surface area contributed by atoms with Gasteiger partial charge < -0.3 is 5.32 Å². The first-order valence-electron chi connectivity index (χ1n) is 8.73. The van der Waals surface area contributed by atoms with E-state index >= 15 is 0 Å². The lowest BCUT2D eigenvalue weighted by Crippen LogP contribution is -3.14. The molecule has 1 saturated heterocycles. The summed E-state index contributed by atoms with van der Waals surface area (Å²) in [6.45, 7) is 6.95. The highest BCUT2D eigenvalue weighted by Gasteiger charge is 3.08. The minimum Gasteiger partial charge on any atom is -0.348 e. The topological polar surface area (TPSA) is 32.3 Å². The van der Waals surface area contributed by atoms with E-state index in [4.69, 9.17) is 0 Å². The van der Waals surface area contributed by atoms with Crippen LogP contribution in [0.1, 0.15) is 33.1 Å². The van der Waals surface area contributed by atoms with E-state index in [-0.39, 0.29) is 6.04 Å². The molecule has 1 atom stereocenters. The molecule has 0 unspecified atom stereocenters. The molecule has 3 heteroatoms. The molecule has 0 aromatic heterocycles. The van der Waals surface area contributed by atoms with Gasteiger partial charge in [0, 0.05) is 0 Å². The lowest BCUT2D eigenvalue weighted by Gasteiger charge is -3.11. The molecule has 7 rings (SSSR count). The van der Waals surface area contributed by atoms with Gasteiger partial charge in [-0.2, -0.15) is 0 Å². The van der Waals surface area contributed by atoms with Crippen molar-refractivity contribution in [2.45, 2.75) is 44.7 Å². The van der Waals surface area contributed by atoms with Crippen molar-refractivity contribution in [3.05, 3.63) is 0 Å². The highest BCUT2D eigenvalue weighted by atomic mass is 16.2. The fourth-order valence-electron chi connectivity index (χ4n) is 8.29. The summed E-state index contributed by atoms with van der Waals surface area (Å²) >= 11 is 0. The lowest BCUT2D eigenvalue weighted by molar-refractivity contribution is -0.620. The Morgan fingerprint density at radius 3 is 2.45 bits per heavy atom. The highest BCUT2D eigenvalue weighted by molar-refractivity contribution is 5.84. The number of amides is 1. The fraction of sp³-hybridized carbons (Fsp3) is 0.941. The van der Waals surface area contributed by atoms with Crippen LogP contribution in [0.4, 0.5) is 0 Å². The molecule has 0 radical (unpaired) electrons. The van der Waals surface area contributed by atoms with Gasteiger partial charge >= 0.3 is 0 Å². The van der Waals surface area contributed by atoms with E-state index in [1.54, 1.807) is 0 Å². The maximum Gasteiger partial charge on any atom is 0.237 e. The quantitative estimate of drug-likeness (QED) is 0.841. The summed E-state index contributed by atoms with van der Waals surface area (Å²) in [5, 5.41) is 3.57. The van der Waals surface area contributed by atoms with E-state index in [0.29, 0.717) is 11.4 Å². The summed E-state index contributed by atoms with van der Waals surface area (Å²) < 4.78 is 0. The number of carbonyl (C=O) groups excluding carboxylic acids is 1. The molecule has 1 heterocycles. The van der Waals surface area contributed by atoms with Crippen molar-refractivity contribution in [2.75, 3.05) is 13.1 Å². The van der Waals surface area contributed by atoms with Gasteiger partial charge in [0.05, 0.1) is 11.6 Å². The summed E-state index contributed by atoms with van der Waals surface area (Å²) in [4.78, 5) is 15.2. The summed E-state index contributed by atoms with van der Waals surface area (Å²) in [6.07, 6.45) is 3.44. The van der Waals surface area contributed by atoms with E-state index in [0.717, 1.165) is 66.9 Å². The smallest absolute Gasteiger partial charge is 0.237 e. The number of hydrogen-bond acceptors (Lipinski definition) is 2. The normalized spacial score (nSPS) is 66.2. The van der Waals surface area contributed by atoms with Crippen molar-refractivity contribution in [3.8, 4) is 0 Å². The summed E-state index contributed by atoms with van der Waals surface area (Å²) in [5.74, 6) is 6.11. The van der Waals surface area contributed by atoms with Crippen LogP contribution >= 0.6 is 0 Å². The number of hydrogen-bond donors (Lipinski definition) is 1. The molecule has 108 valence electrons. The molecule has 1 aliphatic heterocycles. The van der Waals surface area contributed by atoms with Gasteiger partial charge in [-0.05, 0) is 73.3 Å². The van der Waals surface area contributed by atoms with Crippen LogP contribution in [0.3, 0.4) is 0 Å². The number of nitrogens with zero attached hydrogens (tertiary/aromatic N) is 1. The minimum absolute atomic E-state index is 0.186. The number of likely N-dealkylation sites (tertiary alicyclic amines) is 1.